The van der Waals surface area contributed by atoms with E-state index in [1.807, 2.05) is 18.7 Å². The number of nitrogens with zero attached hydrogens (tertiary/aromatic N) is 1. The first-order valence-electron chi connectivity index (χ1n) is 14.3. The molecule has 1 N–H and O–H groups in total. The van der Waals surface area contributed by atoms with Crippen LogP contribution in [0.2, 0.25) is 0 Å². The number of likely N-dealkylation sites (tertiary alicyclic amines) is 1. The molecule has 218 valence electrons. The van der Waals surface area contributed by atoms with Gasteiger partial charge in [0.25, 0.3) is 0 Å². The number of carbonyl (C=O) groups excluding carboxylic acids is 1. The van der Waals surface area contributed by atoms with Crippen LogP contribution in [0.3, 0.4) is 0 Å². The van der Waals surface area contributed by atoms with Crippen molar-refractivity contribution in [1.29, 1.82) is 0 Å². The number of halogens is 5. The van der Waals surface area contributed by atoms with Gasteiger partial charge in [0.2, 0.25) is 11.6 Å². The molecule has 2 aliphatic carbocycles. The van der Waals surface area contributed by atoms with E-state index in [0.29, 0.717) is 57.6 Å². The number of aliphatic hydroxyl groups is 1. The Kier molecular flexibility index (Phi) is 7.33. The second kappa shape index (κ2) is 10.1. The van der Waals surface area contributed by atoms with E-state index in [-0.39, 0.29) is 29.6 Å². The summed E-state index contributed by atoms with van der Waals surface area (Å²) < 4.78 is 69.1. The van der Waals surface area contributed by atoms with Gasteiger partial charge < -0.3 is 10.0 Å². The summed E-state index contributed by atoms with van der Waals surface area (Å²) in [5, 5.41) is 10.4. The molecule has 2 aromatic carbocycles. The molecule has 1 aliphatic heterocycles. The minimum atomic E-state index is -5.04. The highest BCUT2D eigenvalue weighted by atomic mass is 19.4. The number of fused-ring (bicyclic) bond motifs is 3. The topological polar surface area (TPSA) is 40.5 Å². The number of rotatable bonds is 5. The van der Waals surface area contributed by atoms with Gasteiger partial charge in [0.05, 0.1) is 5.60 Å². The molecule has 1 saturated carbocycles. The van der Waals surface area contributed by atoms with Crippen molar-refractivity contribution in [3.63, 3.8) is 0 Å². The van der Waals surface area contributed by atoms with E-state index in [9.17, 15) is 31.9 Å². The molecule has 0 spiro atoms. The summed E-state index contributed by atoms with van der Waals surface area (Å²) in [6, 6.07) is 10.3. The standard InChI is InChI=1S/C32H38F5NO2/c1-29(2,40)23-9-6-21(7-10-23)28(39)38-17-16-31(19-20-4-12-25(33)13-5-20)26-14-11-24(30(3,34)32(35,36)37)18-22(26)8-15-27(31)38/h4-5,11-14,18,21,23,27,40H,6-10,15-17,19H2,1-3H3/t21-,23-,27-,30?,31-/m1/s1. The van der Waals surface area contributed by atoms with Crippen LogP contribution in [-0.4, -0.2) is 40.3 Å². The SMILES string of the molecule is CC(F)(c1ccc2c(c1)CC[C@H]1N(C(=O)[C@H]3CC[C@H](C(C)(C)O)CC3)CC[C@@]21Cc1ccc(F)cc1)C(F)(F)F. The van der Waals surface area contributed by atoms with Crippen molar-refractivity contribution >= 4 is 5.91 Å². The van der Waals surface area contributed by atoms with Crippen molar-refractivity contribution in [1.82, 2.24) is 4.90 Å². The molecule has 3 nitrogen and oxygen atoms in total. The zero-order valence-corrected chi connectivity index (χ0v) is 23.3. The van der Waals surface area contributed by atoms with Gasteiger partial charge >= 0.3 is 6.18 Å². The van der Waals surface area contributed by atoms with Crippen LogP contribution in [0.15, 0.2) is 42.5 Å². The molecule has 2 fully saturated rings. The minimum absolute atomic E-state index is 0.105. The Hall–Kier alpha value is -2.48. The van der Waals surface area contributed by atoms with Gasteiger partial charge in [-0.15, -0.1) is 0 Å². The summed E-state index contributed by atoms with van der Waals surface area (Å²) >= 11 is 0. The van der Waals surface area contributed by atoms with E-state index in [0.717, 1.165) is 24.0 Å². The lowest BCUT2D eigenvalue weighted by Gasteiger charge is -2.45. The Bertz CT molecular complexity index is 1240. The summed E-state index contributed by atoms with van der Waals surface area (Å²) in [6.45, 7) is 4.71. The zero-order valence-electron chi connectivity index (χ0n) is 23.3. The van der Waals surface area contributed by atoms with Crippen molar-refractivity contribution < 1.29 is 31.9 Å². The van der Waals surface area contributed by atoms with E-state index in [1.54, 1.807) is 18.2 Å². The molecule has 2 aromatic rings. The van der Waals surface area contributed by atoms with E-state index in [2.05, 4.69) is 0 Å². The Morgan fingerprint density at radius 1 is 0.975 bits per heavy atom. The van der Waals surface area contributed by atoms with Crippen LogP contribution < -0.4 is 0 Å². The Morgan fingerprint density at radius 3 is 2.23 bits per heavy atom. The summed E-state index contributed by atoms with van der Waals surface area (Å²) in [5.74, 6) is -0.219. The van der Waals surface area contributed by atoms with Crippen LogP contribution in [0, 0.1) is 17.7 Å². The van der Waals surface area contributed by atoms with Gasteiger partial charge in [0, 0.05) is 23.9 Å². The highest BCUT2D eigenvalue weighted by Gasteiger charge is 2.56. The predicted octanol–water partition coefficient (Wildman–Crippen LogP) is 7.18. The third-order valence-corrected chi connectivity index (χ3v) is 10.0. The van der Waals surface area contributed by atoms with E-state index >= 15 is 0 Å². The maximum Gasteiger partial charge on any atom is 0.426 e. The molecule has 3 aliphatic rings. The molecule has 3 atom stereocenters. The van der Waals surface area contributed by atoms with Crippen LogP contribution in [-0.2, 0) is 28.7 Å². The fourth-order valence-electron chi connectivity index (χ4n) is 7.53. The molecule has 0 bridgehead atoms. The van der Waals surface area contributed by atoms with Crippen molar-refractivity contribution in [2.45, 2.75) is 101 Å². The lowest BCUT2D eigenvalue weighted by atomic mass is 9.63. The third-order valence-electron chi connectivity index (χ3n) is 10.0. The first kappa shape index (κ1) is 29.0. The molecule has 8 heteroatoms. The van der Waals surface area contributed by atoms with Crippen molar-refractivity contribution in [2.24, 2.45) is 11.8 Å². The molecule has 0 aromatic heterocycles. The van der Waals surface area contributed by atoms with E-state index in [1.165, 1.54) is 24.3 Å². The molecule has 0 radical (unpaired) electrons. The molecule has 1 amide bonds. The van der Waals surface area contributed by atoms with Gasteiger partial charge in [-0.05, 0) is 112 Å². The smallest absolute Gasteiger partial charge is 0.390 e. The molecule has 1 heterocycles. The number of benzene rings is 2. The first-order chi connectivity index (χ1) is 18.6. The summed E-state index contributed by atoms with van der Waals surface area (Å²) in [6.07, 6.45) is 0.106. The lowest BCUT2D eigenvalue weighted by molar-refractivity contribution is -0.228. The molecule has 40 heavy (non-hydrogen) atoms. The molecule has 5 rings (SSSR count). The highest BCUT2D eigenvalue weighted by Crippen LogP contribution is 2.51. The van der Waals surface area contributed by atoms with Crippen LogP contribution in [0.25, 0.3) is 0 Å². The van der Waals surface area contributed by atoms with E-state index < -0.39 is 28.4 Å². The van der Waals surface area contributed by atoms with E-state index in [4.69, 9.17) is 0 Å². The number of alkyl halides is 4. The van der Waals surface area contributed by atoms with Gasteiger partial charge in [0.15, 0.2) is 0 Å². The fraction of sp³-hybridized carbons (Fsp3) is 0.594. The second-order valence-electron chi connectivity index (χ2n) is 12.9. The summed E-state index contributed by atoms with van der Waals surface area (Å²) in [7, 11) is 0. The third kappa shape index (κ3) is 5.05. The molecule has 1 unspecified atom stereocenters. The fourth-order valence-corrected chi connectivity index (χ4v) is 7.53. The number of hydrogen-bond donors (Lipinski definition) is 1. The lowest BCUT2D eigenvalue weighted by Crippen LogP contribution is -2.51. The first-order valence-corrected chi connectivity index (χ1v) is 14.3. The van der Waals surface area contributed by atoms with Gasteiger partial charge in [-0.1, -0.05) is 30.3 Å². The number of carbonyl (C=O) groups is 1. The normalized spacial score (nSPS) is 28.5. The van der Waals surface area contributed by atoms with Gasteiger partial charge in [-0.25, -0.2) is 8.78 Å². The maximum absolute atomic E-state index is 14.9. The Labute approximate surface area is 232 Å². The van der Waals surface area contributed by atoms with Crippen LogP contribution in [0.4, 0.5) is 22.0 Å². The van der Waals surface area contributed by atoms with Crippen molar-refractivity contribution in [3.8, 4) is 0 Å². The largest absolute Gasteiger partial charge is 0.426 e. The average Bonchev–Trinajstić information content (AvgIpc) is 3.27. The van der Waals surface area contributed by atoms with Gasteiger partial charge in [-0.3, -0.25) is 4.79 Å². The summed E-state index contributed by atoms with van der Waals surface area (Å²) in [5.41, 5.74) is -2.80. The second-order valence-corrected chi connectivity index (χ2v) is 12.9. The van der Waals surface area contributed by atoms with Crippen LogP contribution in [0.1, 0.15) is 81.5 Å². The van der Waals surface area contributed by atoms with Gasteiger partial charge in [-0.2, -0.15) is 13.2 Å². The Balaban J connectivity index is 1.48. The average molecular weight is 564 g/mol. The monoisotopic (exact) mass is 563 g/mol. The van der Waals surface area contributed by atoms with Gasteiger partial charge in [0.1, 0.15) is 5.82 Å². The molecular weight excluding hydrogens is 525 g/mol. The molecular formula is C32H38F5NO2. The number of amides is 1. The molecule has 1 saturated heterocycles. The quantitative estimate of drug-likeness (QED) is 0.392. The van der Waals surface area contributed by atoms with Crippen molar-refractivity contribution in [2.75, 3.05) is 6.54 Å². The number of hydrogen-bond acceptors (Lipinski definition) is 2. The van der Waals surface area contributed by atoms with Crippen LogP contribution >= 0.6 is 0 Å². The zero-order chi connectivity index (χ0) is 29.1. The number of aryl methyl sites for hydroxylation is 1. The highest BCUT2D eigenvalue weighted by molar-refractivity contribution is 5.80. The summed E-state index contributed by atoms with van der Waals surface area (Å²) in [4.78, 5) is 15.9. The predicted molar refractivity (Wildman–Crippen MR) is 143 cm³/mol. The minimum Gasteiger partial charge on any atom is -0.390 e. The Morgan fingerprint density at radius 2 is 1.62 bits per heavy atom. The van der Waals surface area contributed by atoms with Crippen LogP contribution in [0.5, 0.6) is 0 Å². The van der Waals surface area contributed by atoms with Crippen molar-refractivity contribution in [3.05, 3.63) is 70.5 Å². The maximum atomic E-state index is 14.9.